The van der Waals surface area contributed by atoms with E-state index in [1.54, 1.807) is 43.5 Å². The van der Waals surface area contributed by atoms with Gasteiger partial charge in [0.2, 0.25) is 5.95 Å². The van der Waals surface area contributed by atoms with Gasteiger partial charge in [-0.25, -0.2) is 4.98 Å². The number of nitrogen functional groups attached to an aromatic ring is 2. The van der Waals surface area contributed by atoms with Crippen molar-refractivity contribution in [1.82, 2.24) is 24.5 Å². The molecule has 1 amide bonds. The van der Waals surface area contributed by atoms with E-state index >= 15 is 0 Å². The van der Waals surface area contributed by atoms with Crippen molar-refractivity contribution in [2.24, 2.45) is 5.73 Å². The molecule has 0 saturated heterocycles. The van der Waals surface area contributed by atoms with Crippen molar-refractivity contribution >= 4 is 46.0 Å². The van der Waals surface area contributed by atoms with Crippen molar-refractivity contribution < 1.29 is 4.79 Å². The fourth-order valence-electron chi connectivity index (χ4n) is 3.35. The van der Waals surface area contributed by atoms with Gasteiger partial charge in [0, 0.05) is 6.20 Å². The summed E-state index contributed by atoms with van der Waals surface area (Å²) in [6.07, 6.45) is 3.11. The summed E-state index contributed by atoms with van der Waals surface area (Å²) in [5.74, 6) is -0.815. The minimum Gasteiger partial charge on any atom is -0.383 e. The van der Waals surface area contributed by atoms with Crippen LogP contribution in [0.25, 0.3) is 16.6 Å². The quantitative estimate of drug-likeness (QED) is 0.350. The lowest BCUT2D eigenvalue weighted by Crippen LogP contribution is -2.28. The Kier molecular flexibility index (Phi) is 5.33. The molecule has 0 saturated carbocycles. The number of pyridine rings is 1. The number of aromatic nitrogens is 5. The van der Waals surface area contributed by atoms with Gasteiger partial charge < -0.3 is 22.5 Å². The molecule has 0 radical (unpaired) electrons. The van der Waals surface area contributed by atoms with Crippen LogP contribution in [0.1, 0.15) is 29.1 Å². The Balaban J connectivity index is 1.94. The van der Waals surface area contributed by atoms with Gasteiger partial charge in [0.1, 0.15) is 23.0 Å². The number of carbonyl (C=O) groups is 1. The van der Waals surface area contributed by atoms with Gasteiger partial charge in [0.15, 0.2) is 0 Å². The van der Waals surface area contributed by atoms with Crippen molar-refractivity contribution in [3.8, 4) is 5.69 Å². The van der Waals surface area contributed by atoms with Crippen LogP contribution in [0.2, 0.25) is 5.02 Å². The van der Waals surface area contributed by atoms with E-state index < -0.39 is 11.9 Å². The van der Waals surface area contributed by atoms with Crippen LogP contribution in [0, 0.1) is 0 Å². The van der Waals surface area contributed by atoms with Crippen LogP contribution < -0.4 is 28.1 Å². The van der Waals surface area contributed by atoms with Crippen molar-refractivity contribution in [3.05, 3.63) is 69.5 Å². The maximum Gasteiger partial charge on any atom is 0.267 e. The molecule has 11 nitrogen and oxygen atoms in total. The second-order valence-electron chi connectivity index (χ2n) is 6.88. The molecule has 0 bridgehead atoms. The number of fused-ring (bicyclic) bond motifs is 1. The average molecular weight is 452 g/mol. The van der Waals surface area contributed by atoms with Crippen molar-refractivity contribution in [3.63, 3.8) is 0 Å². The highest BCUT2D eigenvalue weighted by Gasteiger charge is 2.23. The highest BCUT2D eigenvalue weighted by molar-refractivity contribution is 6.35. The molecule has 0 aliphatic rings. The Bertz CT molecular complexity index is 1410. The SMILES string of the molecule is C[C@H](Nc1nc(N)nc(N)c1C(N)=O)c1nc2cccc(Cl)c2c(=O)n1-c1cccnc1. The zero-order chi connectivity index (χ0) is 23.0. The summed E-state index contributed by atoms with van der Waals surface area (Å²) < 4.78 is 1.39. The largest absolute Gasteiger partial charge is 0.383 e. The van der Waals surface area contributed by atoms with Gasteiger partial charge in [-0.3, -0.25) is 19.1 Å². The molecule has 0 spiro atoms. The Hall–Kier alpha value is -4.25. The zero-order valence-electron chi connectivity index (χ0n) is 16.8. The number of hydrogen-bond acceptors (Lipinski definition) is 9. The number of nitrogens with one attached hydrogen (secondary N) is 1. The second kappa shape index (κ2) is 8.12. The molecular weight excluding hydrogens is 434 g/mol. The molecule has 0 aliphatic carbocycles. The molecule has 32 heavy (non-hydrogen) atoms. The second-order valence-corrected chi connectivity index (χ2v) is 7.28. The monoisotopic (exact) mass is 451 g/mol. The van der Waals surface area contributed by atoms with Crippen LogP contribution >= 0.6 is 11.6 Å². The average Bonchev–Trinajstić information content (AvgIpc) is 2.73. The van der Waals surface area contributed by atoms with Crippen LogP contribution in [-0.2, 0) is 0 Å². The van der Waals surface area contributed by atoms with Crippen molar-refractivity contribution in [2.45, 2.75) is 13.0 Å². The number of carbonyl (C=O) groups excluding carboxylic acids is 1. The lowest BCUT2D eigenvalue weighted by molar-refractivity contribution is 0.100. The maximum atomic E-state index is 13.5. The molecule has 4 rings (SSSR count). The van der Waals surface area contributed by atoms with E-state index in [1.807, 2.05) is 0 Å². The summed E-state index contributed by atoms with van der Waals surface area (Å²) in [6, 6.07) is 7.75. The Morgan fingerprint density at radius 2 is 1.94 bits per heavy atom. The molecule has 0 fully saturated rings. The highest BCUT2D eigenvalue weighted by atomic mass is 35.5. The van der Waals surface area contributed by atoms with Crippen molar-refractivity contribution in [2.75, 3.05) is 16.8 Å². The predicted molar refractivity (Wildman–Crippen MR) is 122 cm³/mol. The smallest absolute Gasteiger partial charge is 0.267 e. The molecule has 1 atom stereocenters. The van der Waals surface area contributed by atoms with Crippen LogP contribution in [-0.4, -0.2) is 30.4 Å². The molecular formula is C20H18ClN9O2. The summed E-state index contributed by atoms with van der Waals surface area (Å²) in [5, 5.41) is 3.56. The molecule has 0 unspecified atom stereocenters. The number of nitrogens with two attached hydrogens (primary N) is 3. The standard InChI is InChI=1S/C20H18ClN9O2/c1-9(26-17-14(16(23)31)15(22)28-20(24)29-17)18-27-12-6-2-5-11(21)13(12)19(32)30(18)10-4-3-7-25-8-10/h2-9H,1H3,(H2,23,31)(H5,22,24,26,28,29)/t9-/m0/s1. The predicted octanol–water partition coefficient (Wildman–Crippen LogP) is 1.66. The third-order valence-corrected chi connectivity index (χ3v) is 5.03. The summed E-state index contributed by atoms with van der Waals surface area (Å²) in [7, 11) is 0. The van der Waals surface area contributed by atoms with E-state index in [0.717, 1.165) is 0 Å². The number of rotatable bonds is 5. The van der Waals surface area contributed by atoms with Gasteiger partial charge in [-0.15, -0.1) is 0 Å². The van der Waals surface area contributed by atoms with Gasteiger partial charge in [-0.2, -0.15) is 9.97 Å². The molecule has 4 aromatic rings. The van der Waals surface area contributed by atoms with E-state index in [-0.39, 0.29) is 39.1 Å². The van der Waals surface area contributed by atoms with Gasteiger partial charge in [-0.1, -0.05) is 17.7 Å². The van der Waals surface area contributed by atoms with Crippen LogP contribution in [0.5, 0.6) is 0 Å². The number of anilines is 3. The first kappa shape index (κ1) is 21.0. The summed E-state index contributed by atoms with van der Waals surface area (Å²) in [5.41, 5.74) is 17.3. The summed E-state index contributed by atoms with van der Waals surface area (Å²) >= 11 is 6.29. The molecule has 12 heteroatoms. The van der Waals surface area contributed by atoms with Crippen LogP contribution in [0.15, 0.2) is 47.5 Å². The number of hydrogen-bond donors (Lipinski definition) is 4. The topological polar surface area (TPSA) is 181 Å². The lowest BCUT2D eigenvalue weighted by atomic mass is 10.2. The Morgan fingerprint density at radius 1 is 1.16 bits per heavy atom. The van der Waals surface area contributed by atoms with Gasteiger partial charge in [-0.05, 0) is 31.2 Å². The van der Waals surface area contributed by atoms with Gasteiger partial charge >= 0.3 is 0 Å². The number of primary amides is 1. The Labute approximate surface area is 186 Å². The third-order valence-electron chi connectivity index (χ3n) is 4.72. The maximum absolute atomic E-state index is 13.5. The molecule has 3 aromatic heterocycles. The fraction of sp³-hybridized carbons (Fsp3) is 0.100. The first-order chi connectivity index (χ1) is 15.3. The zero-order valence-corrected chi connectivity index (χ0v) is 17.5. The van der Waals surface area contributed by atoms with Crippen LogP contribution in [0.3, 0.4) is 0 Å². The molecule has 0 aliphatic heterocycles. The molecule has 1 aromatic carbocycles. The number of amides is 1. The first-order valence-electron chi connectivity index (χ1n) is 9.38. The van der Waals surface area contributed by atoms with Gasteiger partial charge in [0.05, 0.1) is 33.9 Å². The van der Waals surface area contributed by atoms with E-state index in [4.69, 9.17) is 28.8 Å². The van der Waals surface area contributed by atoms with E-state index in [9.17, 15) is 9.59 Å². The van der Waals surface area contributed by atoms with Gasteiger partial charge in [0.25, 0.3) is 11.5 Å². The van der Waals surface area contributed by atoms with Crippen LogP contribution in [0.4, 0.5) is 17.6 Å². The first-order valence-corrected chi connectivity index (χ1v) is 9.76. The lowest BCUT2D eigenvalue weighted by Gasteiger charge is -2.21. The number of benzene rings is 1. The summed E-state index contributed by atoms with van der Waals surface area (Å²) in [6.45, 7) is 1.73. The molecule has 7 N–H and O–H groups in total. The summed E-state index contributed by atoms with van der Waals surface area (Å²) in [4.78, 5) is 41.9. The minimum absolute atomic E-state index is 0.0215. The third kappa shape index (κ3) is 3.65. The fourth-order valence-corrected chi connectivity index (χ4v) is 3.60. The molecule has 3 heterocycles. The number of halogens is 1. The minimum atomic E-state index is -0.833. The van der Waals surface area contributed by atoms with E-state index in [1.165, 1.54) is 10.8 Å². The normalized spacial score (nSPS) is 11.9. The Morgan fingerprint density at radius 3 is 2.62 bits per heavy atom. The highest BCUT2D eigenvalue weighted by Crippen LogP contribution is 2.26. The van der Waals surface area contributed by atoms with E-state index in [2.05, 4.69) is 25.3 Å². The molecule has 162 valence electrons. The van der Waals surface area contributed by atoms with Crippen molar-refractivity contribution in [1.29, 1.82) is 0 Å². The van der Waals surface area contributed by atoms with E-state index in [0.29, 0.717) is 17.0 Å². The number of nitrogens with zero attached hydrogens (tertiary/aromatic N) is 5.